The van der Waals surface area contributed by atoms with Gasteiger partial charge in [0, 0.05) is 38.3 Å². The van der Waals surface area contributed by atoms with Gasteiger partial charge in [-0.1, -0.05) is 36.8 Å². The second kappa shape index (κ2) is 12.8. The monoisotopic (exact) mass is 413 g/mol. The lowest BCUT2D eigenvalue weighted by atomic mass is 9.67. The molecule has 9 heteroatoms. The molecule has 2 aromatic rings. The van der Waals surface area contributed by atoms with Crippen LogP contribution in [0.4, 0.5) is 0 Å². The van der Waals surface area contributed by atoms with E-state index in [0.717, 1.165) is 12.0 Å². The van der Waals surface area contributed by atoms with Gasteiger partial charge in [-0.25, -0.2) is 4.98 Å². The van der Waals surface area contributed by atoms with Gasteiger partial charge in [0.15, 0.2) is 5.78 Å². The van der Waals surface area contributed by atoms with Crippen molar-refractivity contribution in [3.63, 3.8) is 0 Å². The fourth-order valence-electron chi connectivity index (χ4n) is 3.17. The fraction of sp³-hybridized carbons (Fsp3) is 0.429. The number of methoxy groups -OCH3 is 1. The van der Waals surface area contributed by atoms with Crippen molar-refractivity contribution in [2.45, 2.75) is 44.0 Å². The van der Waals surface area contributed by atoms with Crippen LogP contribution in [-0.2, 0) is 16.0 Å². The van der Waals surface area contributed by atoms with Gasteiger partial charge in [-0.05, 0) is 24.8 Å². The zero-order valence-electron chi connectivity index (χ0n) is 17.1. The maximum atomic E-state index is 12.8. The molecule has 1 aromatic heterocycles. The van der Waals surface area contributed by atoms with E-state index in [2.05, 4.69) is 15.3 Å². The Bertz CT molecular complexity index is 777. The highest BCUT2D eigenvalue weighted by Gasteiger charge is 2.30. The lowest BCUT2D eigenvalue weighted by Gasteiger charge is -2.21. The van der Waals surface area contributed by atoms with Crippen LogP contribution in [0, 0.1) is 0 Å². The first-order chi connectivity index (χ1) is 14.5. The van der Waals surface area contributed by atoms with Gasteiger partial charge in [0.2, 0.25) is 0 Å². The summed E-state index contributed by atoms with van der Waals surface area (Å²) in [6.45, 7) is 0.275. The normalized spacial score (nSPS) is 12.8. The molecule has 0 unspecified atom stereocenters. The molecule has 0 bridgehead atoms. The van der Waals surface area contributed by atoms with E-state index in [1.54, 1.807) is 0 Å². The third-order valence-corrected chi connectivity index (χ3v) is 4.87. The van der Waals surface area contributed by atoms with Crippen molar-refractivity contribution in [3.8, 4) is 0 Å². The number of rotatable bonds is 13. The van der Waals surface area contributed by atoms with E-state index in [4.69, 9.17) is 4.74 Å². The van der Waals surface area contributed by atoms with Crippen molar-refractivity contribution >= 4 is 18.8 Å². The van der Waals surface area contributed by atoms with Gasteiger partial charge < -0.3 is 20.1 Å². The number of benzene rings is 1. The van der Waals surface area contributed by atoms with Gasteiger partial charge in [-0.15, -0.1) is 0 Å². The van der Waals surface area contributed by atoms with E-state index < -0.39 is 24.9 Å². The smallest absolute Gasteiger partial charge is 0.427 e. The summed E-state index contributed by atoms with van der Waals surface area (Å²) in [4.78, 5) is 33.0. The van der Waals surface area contributed by atoms with E-state index in [1.807, 2.05) is 30.3 Å². The summed E-state index contributed by atoms with van der Waals surface area (Å²) in [6, 6.07) is 9.07. The number of ether oxygens (including phenoxy) is 1. The average Bonchev–Trinajstić information content (AvgIpc) is 2.76. The molecule has 0 fully saturated rings. The van der Waals surface area contributed by atoms with E-state index >= 15 is 0 Å². The Balaban J connectivity index is 1.95. The molecule has 0 saturated carbocycles. The molecule has 0 aliphatic heterocycles. The molecule has 2 rings (SSSR count). The molecule has 0 aliphatic carbocycles. The molecule has 1 amide bonds. The molecular formula is C21H28BN3O5. The number of ketones is 1. The molecule has 30 heavy (non-hydrogen) atoms. The van der Waals surface area contributed by atoms with Crippen molar-refractivity contribution in [1.29, 1.82) is 0 Å². The highest BCUT2D eigenvalue weighted by atomic mass is 16.5. The van der Waals surface area contributed by atoms with E-state index in [-0.39, 0.29) is 30.9 Å². The van der Waals surface area contributed by atoms with E-state index in [1.165, 1.54) is 25.7 Å². The number of Topliss-reactive ketones (excluding diaryl/α,β-unsaturated/α-hetero) is 1. The third kappa shape index (κ3) is 8.02. The number of aromatic nitrogens is 2. The van der Waals surface area contributed by atoms with E-state index in [9.17, 15) is 19.6 Å². The van der Waals surface area contributed by atoms with Crippen molar-refractivity contribution in [3.05, 3.63) is 60.2 Å². The second-order valence-electron chi connectivity index (χ2n) is 7.12. The molecule has 3 N–H and O–H groups in total. The minimum absolute atomic E-state index is 0.0540. The first kappa shape index (κ1) is 23.7. The van der Waals surface area contributed by atoms with Crippen LogP contribution in [0.25, 0.3) is 0 Å². The number of amides is 1. The summed E-state index contributed by atoms with van der Waals surface area (Å²) in [6.07, 6.45) is 6.37. The fourth-order valence-corrected chi connectivity index (χ4v) is 3.17. The number of hydrogen-bond acceptors (Lipinski definition) is 7. The van der Waals surface area contributed by atoms with Crippen molar-refractivity contribution in [2.24, 2.45) is 0 Å². The highest BCUT2D eigenvalue weighted by molar-refractivity contribution is 6.43. The quantitative estimate of drug-likeness (QED) is 0.425. The Kier molecular flexibility index (Phi) is 10.1. The summed E-state index contributed by atoms with van der Waals surface area (Å²) >= 11 is 0. The van der Waals surface area contributed by atoms with Crippen LogP contribution >= 0.6 is 0 Å². The van der Waals surface area contributed by atoms with Crippen LogP contribution in [0.5, 0.6) is 0 Å². The van der Waals surface area contributed by atoms with Gasteiger partial charge in [-0.2, -0.15) is 0 Å². The average molecular weight is 413 g/mol. The predicted molar refractivity (Wildman–Crippen MR) is 113 cm³/mol. The number of hydrogen-bond donors (Lipinski definition) is 3. The van der Waals surface area contributed by atoms with Gasteiger partial charge in [-0.3, -0.25) is 14.6 Å². The Hall–Kier alpha value is -2.62. The van der Waals surface area contributed by atoms with Gasteiger partial charge in [0.1, 0.15) is 5.69 Å². The number of carbonyl (C=O) groups excluding carboxylic acids is 2. The number of aryl methyl sites for hydroxylation is 1. The van der Waals surface area contributed by atoms with Crippen LogP contribution in [0.2, 0.25) is 5.82 Å². The van der Waals surface area contributed by atoms with Crippen LogP contribution < -0.4 is 5.32 Å². The number of nitrogens with zero attached hydrogens (tertiary/aromatic N) is 2. The maximum Gasteiger partial charge on any atom is 0.455 e. The zero-order chi connectivity index (χ0) is 21.8. The van der Waals surface area contributed by atoms with Crippen molar-refractivity contribution in [1.82, 2.24) is 15.3 Å². The molecule has 0 aliphatic rings. The van der Waals surface area contributed by atoms with Crippen LogP contribution in [0.15, 0.2) is 48.9 Å². The predicted octanol–water partition coefficient (Wildman–Crippen LogP) is 1.44. The van der Waals surface area contributed by atoms with E-state index in [0.29, 0.717) is 12.8 Å². The maximum absolute atomic E-state index is 12.8. The number of nitrogens with one attached hydrogen (secondary N) is 1. The Morgan fingerprint density at radius 1 is 1.17 bits per heavy atom. The minimum Gasteiger partial charge on any atom is -0.427 e. The standard InChI is InChI=1S/C21H28BN3O5/c1-30-13-10-18(25-21(27)19-15-23-11-12-24-19)20(26)14-17(22(28)29)9-5-8-16-6-3-2-4-7-16/h2-4,6-7,11-12,15,17-18,28-29H,5,8-10,13-14H2,1H3,(H,25,27)/t17-,18-/m1/s1. The molecule has 8 nitrogen and oxygen atoms in total. The lowest BCUT2D eigenvalue weighted by molar-refractivity contribution is -0.121. The second-order valence-corrected chi connectivity index (χ2v) is 7.12. The summed E-state index contributed by atoms with van der Waals surface area (Å²) in [7, 11) is -0.0981. The van der Waals surface area contributed by atoms with Gasteiger partial charge in [0.25, 0.3) is 5.91 Å². The molecule has 2 atom stereocenters. The van der Waals surface area contributed by atoms with Gasteiger partial charge in [0.05, 0.1) is 12.2 Å². The minimum atomic E-state index is -1.61. The summed E-state index contributed by atoms with van der Waals surface area (Å²) < 4.78 is 5.05. The SMILES string of the molecule is COCC[C@@H](NC(=O)c1cnccn1)C(=O)C[C@@H](CCCc1ccccc1)B(O)O. The molecular weight excluding hydrogens is 385 g/mol. The molecule has 1 heterocycles. The third-order valence-electron chi connectivity index (χ3n) is 4.87. The molecule has 0 radical (unpaired) electrons. The van der Waals surface area contributed by atoms with Crippen molar-refractivity contribution in [2.75, 3.05) is 13.7 Å². The number of carbonyl (C=O) groups is 2. The van der Waals surface area contributed by atoms with Crippen molar-refractivity contribution < 1.29 is 24.4 Å². The Labute approximate surface area is 176 Å². The zero-order valence-corrected chi connectivity index (χ0v) is 17.1. The Morgan fingerprint density at radius 2 is 1.93 bits per heavy atom. The van der Waals surface area contributed by atoms with Gasteiger partial charge >= 0.3 is 7.12 Å². The van der Waals surface area contributed by atoms with Crippen LogP contribution in [-0.4, -0.2) is 58.6 Å². The van der Waals surface area contributed by atoms with Crippen LogP contribution in [0.1, 0.15) is 41.7 Å². The topological polar surface area (TPSA) is 122 Å². The molecule has 0 spiro atoms. The molecule has 160 valence electrons. The summed E-state index contributed by atoms with van der Waals surface area (Å²) in [5.74, 6) is -1.40. The first-order valence-corrected chi connectivity index (χ1v) is 10.00. The summed E-state index contributed by atoms with van der Waals surface area (Å²) in [5, 5.41) is 22.2. The highest BCUT2D eigenvalue weighted by Crippen LogP contribution is 2.23. The molecule has 0 saturated heterocycles. The molecule has 1 aromatic carbocycles. The van der Waals surface area contributed by atoms with Crippen LogP contribution in [0.3, 0.4) is 0 Å². The largest absolute Gasteiger partial charge is 0.455 e. The Morgan fingerprint density at radius 3 is 2.57 bits per heavy atom. The summed E-state index contributed by atoms with van der Waals surface area (Å²) in [5.41, 5.74) is 1.26. The lowest BCUT2D eigenvalue weighted by Crippen LogP contribution is -2.43. The first-order valence-electron chi connectivity index (χ1n) is 10.00.